The number of carbonyl (C=O) groups is 1. The topological polar surface area (TPSA) is 114 Å². The summed E-state index contributed by atoms with van der Waals surface area (Å²) in [5.74, 6) is -0.621. The zero-order valence-electron chi connectivity index (χ0n) is 15.2. The van der Waals surface area contributed by atoms with Crippen molar-refractivity contribution in [3.8, 4) is 5.75 Å². The molecular formula is C19H19N3O6. The van der Waals surface area contributed by atoms with Crippen LogP contribution in [-0.2, 0) is 9.47 Å². The average molecular weight is 385 g/mol. The van der Waals surface area contributed by atoms with Crippen molar-refractivity contribution in [3.63, 3.8) is 0 Å². The van der Waals surface area contributed by atoms with E-state index in [4.69, 9.17) is 9.47 Å². The highest BCUT2D eigenvalue weighted by Gasteiger charge is 2.20. The number of anilines is 1. The molecular weight excluding hydrogens is 366 g/mol. The molecule has 0 atom stereocenters. The molecule has 0 aromatic heterocycles. The quantitative estimate of drug-likeness (QED) is 0.364. The number of phenols is 1. The summed E-state index contributed by atoms with van der Waals surface area (Å²) in [6, 6.07) is 8.75. The van der Waals surface area contributed by atoms with Gasteiger partial charge in [0.25, 0.3) is 5.69 Å². The van der Waals surface area contributed by atoms with Gasteiger partial charge < -0.3 is 19.5 Å². The van der Waals surface area contributed by atoms with Crippen LogP contribution in [0.15, 0.2) is 41.4 Å². The molecule has 9 heteroatoms. The highest BCUT2D eigenvalue weighted by Crippen LogP contribution is 2.28. The second-order valence-electron chi connectivity index (χ2n) is 6.05. The molecule has 1 N–H and O–H groups in total. The number of non-ortho nitro benzene ring substituents is 1. The largest absolute Gasteiger partial charge is 0.507 e. The Morgan fingerprint density at radius 2 is 2.04 bits per heavy atom. The fraction of sp³-hybridized carbons (Fsp3) is 0.263. The molecule has 0 bridgehead atoms. The third-order valence-corrected chi connectivity index (χ3v) is 4.31. The van der Waals surface area contributed by atoms with Crippen LogP contribution < -0.4 is 4.90 Å². The van der Waals surface area contributed by atoms with Crippen LogP contribution in [0.3, 0.4) is 0 Å². The minimum Gasteiger partial charge on any atom is -0.507 e. The highest BCUT2D eigenvalue weighted by molar-refractivity contribution is 5.97. The van der Waals surface area contributed by atoms with Gasteiger partial charge in [-0.15, -0.1) is 0 Å². The van der Waals surface area contributed by atoms with E-state index in [1.165, 1.54) is 31.5 Å². The van der Waals surface area contributed by atoms with Gasteiger partial charge in [0.15, 0.2) is 0 Å². The smallest absolute Gasteiger partial charge is 0.340 e. The zero-order valence-corrected chi connectivity index (χ0v) is 15.2. The number of aliphatic imine (C=N–C) groups is 1. The number of benzene rings is 2. The Balaban J connectivity index is 1.92. The summed E-state index contributed by atoms with van der Waals surface area (Å²) in [6.07, 6.45) is 1.31. The molecule has 1 fully saturated rings. The third kappa shape index (κ3) is 4.26. The Kier molecular flexibility index (Phi) is 5.85. The molecule has 28 heavy (non-hydrogen) atoms. The summed E-state index contributed by atoms with van der Waals surface area (Å²) in [6.45, 7) is 2.47. The van der Waals surface area contributed by atoms with Gasteiger partial charge in [0.1, 0.15) is 5.75 Å². The van der Waals surface area contributed by atoms with Crippen LogP contribution in [-0.4, -0.2) is 55.6 Å². The molecule has 9 nitrogen and oxygen atoms in total. The standard InChI is InChI=1S/C19H19N3O6/c1-27-19(24)16-11-14(2-4-17(16)21-6-8-28-9-7-21)20-12-13-10-15(22(25)26)3-5-18(13)23/h2-5,10-12,23H,6-9H2,1H3. The van der Waals surface area contributed by atoms with E-state index in [2.05, 4.69) is 4.99 Å². The van der Waals surface area contributed by atoms with E-state index in [-0.39, 0.29) is 17.0 Å². The van der Waals surface area contributed by atoms with Crippen LogP contribution in [0.25, 0.3) is 0 Å². The van der Waals surface area contributed by atoms with E-state index in [9.17, 15) is 20.0 Å². The minimum atomic E-state index is -0.552. The van der Waals surface area contributed by atoms with Gasteiger partial charge in [0.05, 0.1) is 42.2 Å². The van der Waals surface area contributed by atoms with Gasteiger partial charge in [-0.3, -0.25) is 15.1 Å². The lowest BCUT2D eigenvalue weighted by Gasteiger charge is -2.30. The van der Waals surface area contributed by atoms with Crippen molar-refractivity contribution in [2.75, 3.05) is 38.3 Å². The molecule has 1 heterocycles. The Morgan fingerprint density at radius 1 is 1.29 bits per heavy atom. The second kappa shape index (κ2) is 8.49. The minimum absolute atomic E-state index is 0.132. The first-order chi connectivity index (χ1) is 13.5. The van der Waals surface area contributed by atoms with Gasteiger partial charge in [-0.2, -0.15) is 0 Å². The van der Waals surface area contributed by atoms with E-state index in [0.717, 1.165) is 5.69 Å². The number of ether oxygens (including phenoxy) is 2. The Labute approximate surface area is 161 Å². The molecule has 0 spiro atoms. The van der Waals surface area contributed by atoms with E-state index >= 15 is 0 Å². The first kappa shape index (κ1) is 19.3. The molecule has 1 saturated heterocycles. The lowest BCUT2D eigenvalue weighted by molar-refractivity contribution is -0.384. The summed E-state index contributed by atoms with van der Waals surface area (Å²) < 4.78 is 10.2. The molecule has 0 unspecified atom stereocenters. The van der Waals surface area contributed by atoms with Crippen molar-refractivity contribution in [1.29, 1.82) is 0 Å². The SMILES string of the molecule is COC(=O)c1cc(N=Cc2cc([N+](=O)[O-])ccc2O)ccc1N1CCOCC1. The van der Waals surface area contributed by atoms with Crippen molar-refractivity contribution in [2.45, 2.75) is 0 Å². The van der Waals surface area contributed by atoms with Crippen LogP contribution in [0.1, 0.15) is 15.9 Å². The predicted molar refractivity (Wildman–Crippen MR) is 103 cm³/mol. The molecule has 1 aliphatic heterocycles. The van der Waals surface area contributed by atoms with Crippen molar-refractivity contribution in [1.82, 2.24) is 0 Å². The maximum atomic E-state index is 12.2. The average Bonchev–Trinajstić information content (AvgIpc) is 2.72. The summed E-state index contributed by atoms with van der Waals surface area (Å²) in [5.41, 5.74) is 1.58. The number of nitrogens with zero attached hydrogens (tertiary/aromatic N) is 3. The molecule has 146 valence electrons. The lowest BCUT2D eigenvalue weighted by atomic mass is 10.1. The number of hydrogen-bond acceptors (Lipinski definition) is 8. The Morgan fingerprint density at radius 3 is 2.71 bits per heavy atom. The molecule has 1 aliphatic rings. The van der Waals surface area contributed by atoms with Crippen molar-refractivity contribution in [3.05, 3.63) is 57.6 Å². The molecule has 2 aromatic carbocycles. The fourth-order valence-corrected chi connectivity index (χ4v) is 2.86. The second-order valence-corrected chi connectivity index (χ2v) is 6.05. The number of morpholine rings is 1. The van der Waals surface area contributed by atoms with Gasteiger partial charge in [-0.05, 0) is 24.3 Å². The lowest BCUT2D eigenvalue weighted by Crippen LogP contribution is -2.37. The van der Waals surface area contributed by atoms with Gasteiger partial charge in [-0.25, -0.2) is 4.79 Å². The number of methoxy groups -OCH3 is 1. The summed E-state index contributed by atoms with van der Waals surface area (Å²) in [4.78, 5) is 28.9. The normalized spacial score (nSPS) is 14.2. The number of rotatable bonds is 5. The first-order valence-electron chi connectivity index (χ1n) is 8.56. The van der Waals surface area contributed by atoms with E-state index in [1.807, 2.05) is 4.90 Å². The van der Waals surface area contributed by atoms with Crippen LogP contribution in [0, 0.1) is 10.1 Å². The number of hydrogen-bond donors (Lipinski definition) is 1. The molecule has 0 amide bonds. The number of nitro benzene ring substituents is 1. The summed E-state index contributed by atoms with van der Waals surface area (Å²) in [5, 5.41) is 20.8. The molecule has 0 radical (unpaired) electrons. The predicted octanol–water partition coefficient (Wildman–Crippen LogP) is 2.67. The molecule has 2 aromatic rings. The van der Waals surface area contributed by atoms with E-state index < -0.39 is 10.9 Å². The van der Waals surface area contributed by atoms with Crippen LogP contribution in [0.5, 0.6) is 5.75 Å². The summed E-state index contributed by atoms with van der Waals surface area (Å²) in [7, 11) is 1.31. The van der Waals surface area contributed by atoms with Crippen LogP contribution >= 0.6 is 0 Å². The zero-order chi connectivity index (χ0) is 20.1. The van der Waals surface area contributed by atoms with Crippen molar-refractivity contribution in [2.24, 2.45) is 4.99 Å². The third-order valence-electron chi connectivity index (χ3n) is 4.31. The fourth-order valence-electron chi connectivity index (χ4n) is 2.86. The van der Waals surface area contributed by atoms with Crippen molar-refractivity contribution >= 4 is 29.2 Å². The molecule has 0 saturated carbocycles. The van der Waals surface area contributed by atoms with Gasteiger partial charge in [0.2, 0.25) is 0 Å². The van der Waals surface area contributed by atoms with Crippen molar-refractivity contribution < 1.29 is 24.3 Å². The highest BCUT2D eigenvalue weighted by atomic mass is 16.6. The number of esters is 1. The number of nitro groups is 1. The van der Waals surface area contributed by atoms with Gasteiger partial charge in [-0.1, -0.05) is 0 Å². The number of carbonyl (C=O) groups excluding carboxylic acids is 1. The summed E-state index contributed by atoms with van der Waals surface area (Å²) >= 11 is 0. The van der Waals surface area contributed by atoms with E-state index in [0.29, 0.717) is 37.6 Å². The number of phenolic OH excluding ortho intramolecular Hbond substituents is 1. The first-order valence-corrected chi connectivity index (χ1v) is 8.56. The molecule has 0 aliphatic carbocycles. The maximum absolute atomic E-state index is 12.2. The van der Waals surface area contributed by atoms with E-state index in [1.54, 1.807) is 18.2 Å². The van der Waals surface area contributed by atoms with Crippen LogP contribution in [0.2, 0.25) is 0 Å². The van der Waals surface area contributed by atoms with Crippen LogP contribution in [0.4, 0.5) is 17.1 Å². The van der Waals surface area contributed by atoms with Gasteiger partial charge >= 0.3 is 5.97 Å². The van der Waals surface area contributed by atoms with Gasteiger partial charge in [0, 0.05) is 37.0 Å². The monoisotopic (exact) mass is 385 g/mol. The Hall–Kier alpha value is -3.46. The Bertz CT molecular complexity index is 922. The molecule has 3 rings (SSSR count). The number of aromatic hydroxyl groups is 1. The maximum Gasteiger partial charge on any atom is 0.340 e.